The molecule has 3 heteroatoms. The van der Waals surface area contributed by atoms with Gasteiger partial charge >= 0.3 is 0 Å². The molecule has 2 nitrogen and oxygen atoms in total. The first-order valence-electron chi connectivity index (χ1n) is 6.60. The van der Waals surface area contributed by atoms with Crippen LogP contribution in [0.15, 0.2) is 60.8 Å². The first-order valence-corrected chi connectivity index (χ1v) is 6.97. The van der Waals surface area contributed by atoms with Crippen molar-refractivity contribution < 1.29 is 0 Å². The van der Waals surface area contributed by atoms with Gasteiger partial charge < -0.3 is 5.32 Å². The highest BCUT2D eigenvalue weighted by atomic mass is 35.5. The van der Waals surface area contributed by atoms with Gasteiger partial charge in [-0.05, 0) is 36.1 Å². The summed E-state index contributed by atoms with van der Waals surface area (Å²) in [5.74, 6) is 0.899. The monoisotopic (exact) mass is 282 g/mol. The van der Waals surface area contributed by atoms with Gasteiger partial charge in [-0.2, -0.15) is 0 Å². The molecule has 20 heavy (non-hydrogen) atoms. The standard InChI is InChI=1S/C17H15ClN2/c1-12(14-6-4-7-15(18)11-14)20-17-16-8-3-2-5-13(16)9-10-19-17/h2-12H,1H3,(H,19,20). The molecule has 0 radical (unpaired) electrons. The van der Waals surface area contributed by atoms with Gasteiger partial charge in [0.25, 0.3) is 0 Å². The average molecular weight is 283 g/mol. The molecule has 0 aliphatic heterocycles. The predicted molar refractivity (Wildman–Crippen MR) is 85.2 cm³/mol. The first-order chi connectivity index (χ1) is 9.74. The minimum Gasteiger partial charge on any atom is -0.363 e. The Morgan fingerprint density at radius 2 is 1.90 bits per heavy atom. The van der Waals surface area contributed by atoms with E-state index in [1.54, 1.807) is 0 Å². The zero-order valence-electron chi connectivity index (χ0n) is 11.2. The van der Waals surface area contributed by atoms with E-state index in [-0.39, 0.29) is 6.04 Å². The number of fused-ring (bicyclic) bond motifs is 1. The molecule has 0 fully saturated rings. The topological polar surface area (TPSA) is 24.9 Å². The lowest BCUT2D eigenvalue weighted by molar-refractivity contribution is 0.877. The Morgan fingerprint density at radius 3 is 2.75 bits per heavy atom. The van der Waals surface area contributed by atoms with E-state index >= 15 is 0 Å². The Labute approximate surface area is 123 Å². The largest absolute Gasteiger partial charge is 0.363 e. The molecule has 0 saturated heterocycles. The molecular weight excluding hydrogens is 268 g/mol. The van der Waals surface area contributed by atoms with Crippen molar-refractivity contribution in [3.05, 3.63) is 71.4 Å². The Bertz CT molecular complexity index is 734. The molecule has 0 aliphatic rings. The van der Waals surface area contributed by atoms with Gasteiger partial charge in [0, 0.05) is 16.6 Å². The van der Waals surface area contributed by atoms with Crippen molar-refractivity contribution >= 4 is 28.2 Å². The van der Waals surface area contributed by atoms with Gasteiger partial charge in [0.05, 0.1) is 6.04 Å². The van der Waals surface area contributed by atoms with Gasteiger partial charge in [0.15, 0.2) is 0 Å². The number of hydrogen-bond acceptors (Lipinski definition) is 2. The van der Waals surface area contributed by atoms with Crippen LogP contribution in [0.2, 0.25) is 5.02 Å². The second-order valence-corrected chi connectivity index (χ2v) is 5.24. The third-order valence-electron chi connectivity index (χ3n) is 3.38. The van der Waals surface area contributed by atoms with Gasteiger partial charge in [-0.3, -0.25) is 0 Å². The number of rotatable bonds is 3. The molecule has 2 aromatic carbocycles. The van der Waals surface area contributed by atoms with E-state index in [1.165, 1.54) is 5.39 Å². The molecule has 0 bridgehead atoms. The highest BCUT2D eigenvalue weighted by Crippen LogP contribution is 2.25. The molecule has 3 aromatic rings. The lowest BCUT2D eigenvalue weighted by atomic mass is 10.1. The van der Waals surface area contributed by atoms with Gasteiger partial charge in [-0.15, -0.1) is 0 Å². The van der Waals surface area contributed by atoms with Crippen LogP contribution in [-0.2, 0) is 0 Å². The molecule has 0 amide bonds. The van der Waals surface area contributed by atoms with Crippen LogP contribution >= 0.6 is 11.6 Å². The van der Waals surface area contributed by atoms with Gasteiger partial charge in [-0.25, -0.2) is 4.98 Å². The number of anilines is 1. The molecule has 1 aromatic heterocycles. The van der Waals surface area contributed by atoms with Crippen LogP contribution in [0, 0.1) is 0 Å². The molecule has 100 valence electrons. The minimum absolute atomic E-state index is 0.145. The van der Waals surface area contributed by atoms with Crippen LogP contribution in [0.25, 0.3) is 10.8 Å². The lowest BCUT2D eigenvalue weighted by Gasteiger charge is -2.16. The van der Waals surface area contributed by atoms with Crippen molar-refractivity contribution in [1.29, 1.82) is 0 Å². The van der Waals surface area contributed by atoms with Crippen LogP contribution in [0.3, 0.4) is 0 Å². The van der Waals surface area contributed by atoms with Crippen molar-refractivity contribution in [3.8, 4) is 0 Å². The van der Waals surface area contributed by atoms with Crippen molar-refractivity contribution in [1.82, 2.24) is 4.98 Å². The third kappa shape index (κ3) is 2.61. The number of halogens is 1. The highest BCUT2D eigenvalue weighted by Gasteiger charge is 2.08. The zero-order chi connectivity index (χ0) is 13.9. The lowest BCUT2D eigenvalue weighted by Crippen LogP contribution is -2.08. The molecule has 1 heterocycles. The first kappa shape index (κ1) is 12.9. The molecule has 0 aliphatic carbocycles. The fourth-order valence-electron chi connectivity index (χ4n) is 2.30. The summed E-state index contributed by atoms with van der Waals surface area (Å²) < 4.78 is 0. The molecular formula is C17H15ClN2. The maximum atomic E-state index is 6.04. The molecule has 0 spiro atoms. The Hall–Kier alpha value is -2.06. The maximum absolute atomic E-state index is 6.04. The van der Waals surface area contributed by atoms with Crippen molar-refractivity contribution in [2.75, 3.05) is 5.32 Å². The second kappa shape index (κ2) is 5.51. The van der Waals surface area contributed by atoms with E-state index < -0.39 is 0 Å². The van der Waals surface area contributed by atoms with Gasteiger partial charge in [0.2, 0.25) is 0 Å². The van der Waals surface area contributed by atoms with E-state index in [4.69, 9.17) is 11.6 Å². The second-order valence-electron chi connectivity index (χ2n) is 4.80. The van der Waals surface area contributed by atoms with E-state index in [1.807, 2.05) is 42.6 Å². The Kier molecular flexibility index (Phi) is 3.57. The highest BCUT2D eigenvalue weighted by molar-refractivity contribution is 6.30. The summed E-state index contributed by atoms with van der Waals surface area (Å²) in [5, 5.41) is 6.52. The molecule has 1 atom stereocenters. The van der Waals surface area contributed by atoms with E-state index in [2.05, 4.69) is 35.4 Å². The van der Waals surface area contributed by atoms with Crippen molar-refractivity contribution in [2.24, 2.45) is 0 Å². The van der Waals surface area contributed by atoms with Crippen LogP contribution in [0.1, 0.15) is 18.5 Å². The summed E-state index contributed by atoms with van der Waals surface area (Å²) in [4.78, 5) is 4.45. The number of aromatic nitrogens is 1. The number of pyridine rings is 1. The molecule has 0 saturated carbocycles. The van der Waals surface area contributed by atoms with Crippen molar-refractivity contribution in [2.45, 2.75) is 13.0 Å². The fourth-order valence-corrected chi connectivity index (χ4v) is 2.50. The minimum atomic E-state index is 0.145. The summed E-state index contributed by atoms with van der Waals surface area (Å²) in [6, 6.07) is 18.3. The number of nitrogens with one attached hydrogen (secondary N) is 1. The van der Waals surface area contributed by atoms with Gasteiger partial charge in [0.1, 0.15) is 5.82 Å². The van der Waals surface area contributed by atoms with E-state index in [9.17, 15) is 0 Å². The Morgan fingerprint density at radius 1 is 1.05 bits per heavy atom. The van der Waals surface area contributed by atoms with E-state index in [0.29, 0.717) is 0 Å². The van der Waals surface area contributed by atoms with Gasteiger partial charge in [-0.1, -0.05) is 48.0 Å². The smallest absolute Gasteiger partial charge is 0.134 e. The SMILES string of the molecule is CC(Nc1nccc2ccccc12)c1cccc(Cl)c1. The summed E-state index contributed by atoms with van der Waals surface area (Å²) in [5.41, 5.74) is 1.15. The average Bonchev–Trinajstić information content (AvgIpc) is 2.47. The summed E-state index contributed by atoms with van der Waals surface area (Å²) in [6.07, 6.45) is 1.83. The normalized spacial score (nSPS) is 12.3. The molecule has 3 rings (SSSR count). The zero-order valence-corrected chi connectivity index (χ0v) is 11.9. The predicted octanol–water partition coefficient (Wildman–Crippen LogP) is 5.06. The molecule has 1 unspecified atom stereocenters. The summed E-state index contributed by atoms with van der Waals surface area (Å²) in [7, 11) is 0. The van der Waals surface area contributed by atoms with Crippen LogP contribution in [0.5, 0.6) is 0 Å². The maximum Gasteiger partial charge on any atom is 0.134 e. The van der Waals surface area contributed by atoms with Crippen molar-refractivity contribution in [3.63, 3.8) is 0 Å². The molecule has 1 N–H and O–H groups in total. The Balaban J connectivity index is 1.93. The van der Waals surface area contributed by atoms with Crippen LogP contribution < -0.4 is 5.32 Å². The summed E-state index contributed by atoms with van der Waals surface area (Å²) >= 11 is 6.04. The number of hydrogen-bond donors (Lipinski definition) is 1. The quantitative estimate of drug-likeness (QED) is 0.726. The fraction of sp³-hybridized carbons (Fsp3) is 0.118. The number of benzene rings is 2. The van der Waals surface area contributed by atoms with Crippen LogP contribution in [0.4, 0.5) is 5.82 Å². The van der Waals surface area contributed by atoms with E-state index in [0.717, 1.165) is 21.8 Å². The third-order valence-corrected chi connectivity index (χ3v) is 3.61. The number of nitrogens with zero attached hydrogens (tertiary/aromatic N) is 1. The van der Waals surface area contributed by atoms with Crippen LogP contribution in [-0.4, -0.2) is 4.98 Å². The summed E-state index contributed by atoms with van der Waals surface area (Å²) in [6.45, 7) is 2.11.